The summed E-state index contributed by atoms with van der Waals surface area (Å²) in [5.41, 5.74) is 0.267. The van der Waals surface area contributed by atoms with Crippen LogP contribution in [0, 0.1) is 0 Å². The SMILES string of the molecule is C[C@](CC(=O)Nc1ccc(N2CCCC2=O)c(Cl)c1)(C(=O)O)c1ccccc1. The molecule has 146 valence electrons. The molecule has 1 aliphatic rings. The van der Waals surface area contributed by atoms with Crippen LogP contribution in [0.1, 0.15) is 31.7 Å². The maximum Gasteiger partial charge on any atom is 0.314 e. The van der Waals surface area contributed by atoms with Gasteiger partial charge in [0.25, 0.3) is 0 Å². The monoisotopic (exact) mass is 400 g/mol. The van der Waals surface area contributed by atoms with E-state index in [-0.39, 0.29) is 12.3 Å². The minimum Gasteiger partial charge on any atom is -0.481 e. The molecule has 0 bridgehead atoms. The number of carbonyl (C=O) groups is 3. The van der Waals surface area contributed by atoms with Crippen LogP contribution >= 0.6 is 11.6 Å². The Morgan fingerprint density at radius 1 is 1.21 bits per heavy atom. The summed E-state index contributed by atoms with van der Waals surface area (Å²) in [6.07, 6.45) is 1.07. The third-order valence-electron chi connectivity index (χ3n) is 4.99. The lowest BCUT2D eigenvalue weighted by Gasteiger charge is -2.25. The largest absolute Gasteiger partial charge is 0.481 e. The van der Waals surface area contributed by atoms with E-state index in [1.807, 2.05) is 0 Å². The predicted octanol–water partition coefficient (Wildman–Crippen LogP) is 3.84. The molecule has 1 fully saturated rings. The zero-order chi connectivity index (χ0) is 20.3. The fourth-order valence-corrected chi connectivity index (χ4v) is 3.62. The average Bonchev–Trinajstić information content (AvgIpc) is 3.08. The van der Waals surface area contributed by atoms with Gasteiger partial charge in [-0.15, -0.1) is 0 Å². The summed E-state index contributed by atoms with van der Waals surface area (Å²) in [5, 5.41) is 12.7. The summed E-state index contributed by atoms with van der Waals surface area (Å²) in [6.45, 7) is 2.15. The molecule has 0 saturated carbocycles. The van der Waals surface area contributed by atoms with Gasteiger partial charge in [0.1, 0.15) is 0 Å². The smallest absolute Gasteiger partial charge is 0.314 e. The van der Waals surface area contributed by atoms with Crippen molar-refractivity contribution in [2.75, 3.05) is 16.8 Å². The van der Waals surface area contributed by atoms with Gasteiger partial charge in [-0.05, 0) is 37.1 Å². The molecule has 1 saturated heterocycles. The fourth-order valence-electron chi connectivity index (χ4n) is 3.34. The van der Waals surface area contributed by atoms with Gasteiger partial charge in [0.15, 0.2) is 0 Å². The van der Waals surface area contributed by atoms with Crippen molar-refractivity contribution in [2.24, 2.45) is 0 Å². The Morgan fingerprint density at radius 3 is 2.50 bits per heavy atom. The van der Waals surface area contributed by atoms with Crippen LogP contribution in [0.2, 0.25) is 5.02 Å². The molecule has 6 nitrogen and oxygen atoms in total. The first-order valence-corrected chi connectivity index (χ1v) is 9.38. The van der Waals surface area contributed by atoms with E-state index in [2.05, 4.69) is 5.32 Å². The fraction of sp³-hybridized carbons (Fsp3) is 0.286. The van der Waals surface area contributed by atoms with Crippen molar-refractivity contribution in [3.05, 3.63) is 59.1 Å². The molecule has 1 heterocycles. The molecule has 1 atom stereocenters. The van der Waals surface area contributed by atoms with E-state index in [1.54, 1.807) is 53.4 Å². The van der Waals surface area contributed by atoms with Crippen LogP contribution in [0.5, 0.6) is 0 Å². The van der Waals surface area contributed by atoms with Crippen LogP contribution in [0.4, 0.5) is 11.4 Å². The number of carboxylic acids is 1. The highest BCUT2D eigenvalue weighted by Gasteiger charge is 2.37. The highest BCUT2D eigenvalue weighted by molar-refractivity contribution is 6.34. The molecule has 0 unspecified atom stereocenters. The molecular weight excluding hydrogens is 380 g/mol. The summed E-state index contributed by atoms with van der Waals surface area (Å²) in [7, 11) is 0. The van der Waals surface area contributed by atoms with E-state index in [1.165, 1.54) is 6.92 Å². The molecule has 28 heavy (non-hydrogen) atoms. The number of anilines is 2. The van der Waals surface area contributed by atoms with Gasteiger partial charge in [-0.1, -0.05) is 41.9 Å². The standard InChI is InChI=1S/C21H21ClN2O4/c1-21(20(27)28,14-6-3-2-4-7-14)13-18(25)23-15-9-10-17(16(22)12-15)24-11-5-8-19(24)26/h2-4,6-7,9-10,12H,5,8,11,13H2,1H3,(H,23,25)(H,27,28)/t21-/m1/s1. The Morgan fingerprint density at radius 2 is 1.93 bits per heavy atom. The topological polar surface area (TPSA) is 86.7 Å². The van der Waals surface area contributed by atoms with Crippen LogP contribution in [-0.4, -0.2) is 29.4 Å². The van der Waals surface area contributed by atoms with Crippen LogP contribution in [0.25, 0.3) is 0 Å². The second kappa shape index (κ2) is 8.02. The van der Waals surface area contributed by atoms with E-state index in [0.717, 1.165) is 6.42 Å². The summed E-state index contributed by atoms with van der Waals surface area (Å²) in [5.74, 6) is -1.48. The van der Waals surface area contributed by atoms with E-state index in [0.29, 0.717) is 34.9 Å². The molecule has 2 N–H and O–H groups in total. The van der Waals surface area contributed by atoms with E-state index in [4.69, 9.17) is 11.6 Å². The zero-order valence-corrected chi connectivity index (χ0v) is 16.2. The number of carboxylic acid groups (broad SMARTS) is 1. The van der Waals surface area contributed by atoms with Gasteiger partial charge in [0, 0.05) is 25.1 Å². The van der Waals surface area contributed by atoms with E-state index < -0.39 is 17.3 Å². The Labute approximate surface area is 168 Å². The van der Waals surface area contributed by atoms with E-state index in [9.17, 15) is 19.5 Å². The summed E-state index contributed by atoms with van der Waals surface area (Å²) >= 11 is 6.30. The normalized spacial score (nSPS) is 15.9. The van der Waals surface area contributed by atoms with Crippen molar-refractivity contribution in [2.45, 2.75) is 31.6 Å². The molecule has 3 rings (SSSR count). The van der Waals surface area contributed by atoms with Crippen LogP contribution in [-0.2, 0) is 19.8 Å². The zero-order valence-electron chi connectivity index (χ0n) is 15.4. The first kappa shape index (κ1) is 19.9. The van der Waals surface area contributed by atoms with Crippen LogP contribution < -0.4 is 10.2 Å². The lowest BCUT2D eigenvalue weighted by molar-refractivity contribution is -0.145. The number of halogens is 1. The Bertz CT molecular complexity index is 916. The minimum absolute atomic E-state index is 0.0266. The first-order chi connectivity index (χ1) is 13.3. The number of benzene rings is 2. The Kier molecular flexibility index (Phi) is 5.70. The Balaban J connectivity index is 1.74. The molecule has 2 aromatic rings. The number of amides is 2. The maximum atomic E-state index is 12.5. The third-order valence-corrected chi connectivity index (χ3v) is 5.30. The second-order valence-corrected chi connectivity index (χ2v) is 7.45. The molecule has 1 aliphatic heterocycles. The Hall–Kier alpha value is -2.86. The molecule has 0 aliphatic carbocycles. The maximum absolute atomic E-state index is 12.5. The predicted molar refractivity (Wildman–Crippen MR) is 108 cm³/mol. The van der Waals surface area contributed by atoms with Gasteiger partial charge in [-0.2, -0.15) is 0 Å². The highest BCUT2D eigenvalue weighted by atomic mass is 35.5. The van der Waals surface area contributed by atoms with Crippen molar-refractivity contribution in [1.29, 1.82) is 0 Å². The number of hydrogen-bond acceptors (Lipinski definition) is 3. The van der Waals surface area contributed by atoms with Gasteiger partial charge in [-0.25, -0.2) is 0 Å². The molecule has 7 heteroatoms. The van der Waals surface area contributed by atoms with Crippen LogP contribution in [0.15, 0.2) is 48.5 Å². The lowest BCUT2D eigenvalue weighted by atomic mass is 9.79. The van der Waals surface area contributed by atoms with Gasteiger partial charge < -0.3 is 15.3 Å². The number of nitrogens with one attached hydrogen (secondary N) is 1. The lowest BCUT2D eigenvalue weighted by Crippen LogP contribution is -2.36. The van der Waals surface area contributed by atoms with Crippen molar-refractivity contribution in [3.63, 3.8) is 0 Å². The number of rotatable bonds is 6. The highest BCUT2D eigenvalue weighted by Crippen LogP contribution is 2.33. The van der Waals surface area contributed by atoms with Crippen molar-refractivity contribution in [1.82, 2.24) is 0 Å². The average molecular weight is 401 g/mol. The number of aliphatic carboxylic acids is 1. The van der Waals surface area contributed by atoms with E-state index >= 15 is 0 Å². The molecule has 2 amide bonds. The molecule has 0 spiro atoms. The quantitative estimate of drug-likeness (QED) is 0.771. The number of hydrogen-bond donors (Lipinski definition) is 2. The molecule has 0 radical (unpaired) electrons. The van der Waals surface area contributed by atoms with Crippen LogP contribution in [0.3, 0.4) is 0 Å². The summed E-state index contributed by atoms with van der Waals surface area (Å²) < 4.78 is 0. The molecule has 0 aromatic heterocycles. The summed E-state index contributed by atoms with van der Waals surface area (Å²) in [4.78, 5) is 37.9. The molecule has 2 aromatic carbocycles. The van der Waals surface area contributed by atoms with Crippen molar-refractivity contribution in [3.8, 4) is 0 Å². The third kappa shape index (κ3) is 4.02. The van der Waals surface area contributed by atoms with Gasteiger partial charge in [0.2, 0.25) is 11.8 Å². The van der Waals surface area contributed by atoms with Gasteiger partial charge in [0.05, 0.1) is 16.1 Å². The van der Waals surface area contributed by atoms with Crippen molar-refractivity contribution < 1.29 is 19.5 Å². The number of nitrogens with zero attached hydrogens (tertiary/aromatic N) is 1. The van der Waals surface area contributed by atoms with Gasteiger partial charge >= 0.3 is 5.97 Å². The van der Waals surface area contributed by atoms with Crippen molar-refractivity contribution >= 4 is 40.8 Å². The first-order valence-electron chi connectivity index (χ1n) is 9.00. The molecular formula is C21H21ClN2O4. The summed E-state index contributed by atoms with van der Waals surface area (Å²) in [6, 6.07) is 13.6. The van der Waals surface area contributed by atoms with Gasteiger partial charge in [-0.3, -0.25) is 14.4 Å². The number of carbonyl (C=O) groups excluding carboxylic acids is 2. The second-order valence-electron chi connectivity index (χ2n) is 7.04. The minimum atomic E-state index is -1.35.